The SMILES string of the molecule is Cc1cc(Cl)ccc1-n1c(C(C)N(CC(C)C)C(=O)CC(C)C)nc2ccccc2c1=O. The van der Waals surface area contributed by atoms with Crippen LogP contribution < -0.4 is 5.56 Å². The predicted molar refractivity (Wildman–Crippen MR) is 132 cm³/mol. The number of carbonyl (C=O) groups excluding carboxylic acids is 1. The molecule has 1 aromatic heterocycles. The van der Waals surface area contributed by atoms with Crippen molar-refractivity contribution in [2.45, 2.75) is 54.0 Å². The van der Waals surface area contributed by atoms with Crippen LogP contribution in [0.4, 0.5) is 0 Å². The molecule has 1 amide bonds. The molecular weight excluding hydrogens is 422 g/mol. The van der Waals surface area contributed by atoms with Crippen LogP contribution in [-0.2, 0) is 4.79 Å². The summed E-state index contributed by atoms with van der Waals surface area (Å²) in [6.07, 6.45) is 0.453. The van der Waals surface area contributed by atoms with Gasteiger partial charge in [0.15, 0.2) is 0 Å². The molecular formula is C26H32ClN3O2. The summed E-state index contributed by atoms with van der Waals surface area (Å²) in [7, 11) is 0. The largest absolute Gasteiger partial charge is 0.333 e. The van der Waals surface area contributed by atoms with Gasteiger partial charge >= 0.3 is 0 Å². The number of hydrogen-bond acceptors (Lipinski definition) is 3. The van der Waals surface area contributed by atoms with Crippen molar-refractivity contribution in [3.63, 3.8) is 0 Å². The highest BCUT2D eigenvalue weighted by atomic mass is 35.5. The van der Waals surface area contributed by atoms with E-state index in [1.807, 2.05) is 62.9 Å². The molecule has 6 heteroatoms. The summed E-state index contributed by atoms with van der Waals surface area (Å²) in [5, 5.41) is 1.15. The fourth-order valence-electron chi connectivity index (χ4n) is 4.01. The molecule has 0 radical (unpaired) electrons. The molecule has 32 heavy (non-hydrogen) atoms. The number of amides is 1. The van der Waals surface area contributed by atoms with Crippen LogP contribution in [0.1, 0.15) is 58.5 Å². The van der Waals surface area contributed by atoms with E-state index in [-0.39, 0.29) is 29.3 Å². The minimum Gasteiger partial charge on any atom is -0.333 e. The Morgan fingerprint density at radius 2 is 1.75 bits per heavy atom. The molecule has 0 saturated heterocycles. The van der Waals surface area contributed by atoms with E-state index >= 15 is 0 Å². The normalized spacial score (nSPS) is 12.5. The Bertz CT molecular complexity index is 1180. The lowest BCUT2D eigenvalue weighted by Crippen LogP contribution is -2.40. The first-order chi connectivity index (χ1) is 15.1. The van der Waals surface area contributed by atoms with Crippen LogP contribution >= 0.6 is 11.6 Å². The molecule has 0 bridgehead atoms. The molecule has 2 aromatic carbocycles. The third-order valence-electron chi connectivity index (χ3n) is 5.51. The Balaban J connectivity index is 2.27. The lowest BCUT2D eigenvalue weighted by molar-refractivity contribution is -0.135. The Morgan fingerprint density at radius 1 is 1.06 bits per heavy atom. The zero-order valence-corrected chi connectivity index (χ0v) is 20.5. The summed E-state index contributed by atoms with van der Waals surface area (Å²) in [5.41, 5.74) is 2.07. The van der Waals surface area contributed by atoms with Crippen molar-refractivity contribution >= 4 is 28.4 Å². The third-order valence-corrected chi connectivity index (χ3v) is 5.74. The number of carbonyl (C=O) groups is 1. The van der Waals surface area contributed by atoms with Gasteiger partial charge in [-0.1, -0.05) is 51.4 Å². The first kappa shape index (κ1) is 24.0. The molecule has 1 unspecified atom stereocenters. The molecule has 0 aliphatic heterocycles. The zero-order valence-electron chi connectivity index (χ0n) is 19.7. The Morgan fingerprint density at radius 3 is 2.38 bits per heavy atom. The van der Waals surface area contributed by atoms with E-state index < -0.39 is 0 Å². The van der Waals surface area contributed by atoms with Crippen LogP contribution in [0, 0.1) is 18.8 Å². The molecule has 3 aromatic rings. The van der Waals surface area contributed by atoms with Crippen molar-refractivity contribution in [1.82, 2.24) is 14.5 Å². The summed E-state index contributed by atoms with van der Waals surface area (Å²) in [4.78, 5) is 33.6. The van der Waals surface area contributed by atoms with Gasteiger partial charge in [0.2, 0.25) is 5.91 Å². The lowest BCUT2D eigenvalue weighted by atomic mass is 10.1. The predicted octanol–water partition coefficient (Wildman–Crippen LogP) is 5.94. The lowest BCUT2D eigenvalue weighted by Gasteiger charge is -2.32. The highest BCUT2D eigenvalue weighted by molar-refractivity contribution is 6.30. The first-order valence-corrected chi connectivity index (χ1v) is 11.6. The molecule has 0 N–H and O–H groups in total. The van der Waals surface area contributed by atoms with E-state index in [2.05, 4.69) is 13.8 Å². The number of benzene rings is 2. The maximum atomic E-state index is 13.7. The van der Waals surface area contributed by atoms with Crippen molar-refractivity contribution in [3.05, 3.63) is 69.2 Å². The first-order valence-electron chi connectivity index (χ1n) is 11.2. The van der Waals surface area contributed by atoms with Crippen molar-refractivity contribution in [3.8, 4) is 5.69 Å². The number of hydrogen-bond donors (Lipinski definition) is 0. The van der Waals surface area contributed by atoms with Gasteiger partial charge in [-0.2, -0.15) is 0 Å². The second kappa shape index (κ2) is 9.86. The number of halogens is 1. The number of rotatable bonds is 7. The smallest absolute Gasteiger partial charge is 0.266 e. The van der Waals surface area contributed by atoms with E-state index in [4.69, 9.17) is 16.6 Å². The van der Waals surface area contributed by atoms with E-state index in [1.54, 1.807) is 16.7 Å². The van der Waals surface area contributed by atoms with Crippen LogP contribution in [0.5, 0.6) is 0 Å². The number of aryl methyl sites for hydroxylation is 1. The van der Waals surface area contributed by atoms with Gasteiger partial charge in [0.25, 0.3) is 5.56 Å². The Hall–Kier alpha value is -2.66. The fourth-order valence-corrected chi connectivity index (χ4v) is 4.23. The average Bonchev–Trinajstić information content (AvgIpc) is 2.71. The molecule has 0 spiro atoms. The monoisotopic (exact) mass is 453 g/mol. The molecule has 0 aliphatic rings. The van der Waals surface area contributed by atoms with Crippen molar-refractivity contribution < 1.29 is 4.79 Å². The van der Waals surface area contributed by atoms with Crippen LogP contribution in [0.2, 0.25) is 5.02 Å². The van der Waals surface area contributed by atoms with Crippen molar-refractivity contribution in [1.29, 1.82) is 0 Å². The number of nitrogens with zero attached hydrogens (tertiary/aromatic N) is 3. The number of fused-ring (bicyclic) bond motifs is 1. The van der Waals surface area contributed by atoms with Gasteiger partial charge in [0.1, 0.15) is 5.82 Å². The van der Waals surface area contributed by atoms with Gasteiger partial charge in [-0.05, 0) is 61.6 Å². The van der Waals surface area contributed by atoms with Crippen LogP contribution in [0.3, 0.4) is 0 Å². The molecule has 0 saturated carbocycles. The summed E-state index contributed by atoms with van der Waals surface area (Å²) in [6.45, 7) is 12.7. The minimum atomic E-state index is -0.379. The second-order valence-electron chi connectivity index (χ2n) is 9.27. The van der Waals surface area contributed by atoms with E-state index in [0.29, 0.717) is 34.7 Å². The molecule has 5 nitrogen and oxygen atoms in total. The highest BCUT2D eigenvalue weighted by Gasteiger charge is 2.28. The van der Waals surface area contributed by atoms with Gasteiger partial charge in [-0.15, -0.1) is 0 Å². The number of aromatic nitrogens is 2. The number of para-hydroxylation sites is 1. The van der Waals surface area contributed by atoms with Crippen molar-refractivity contribution in [2.75, 3.05) is 6.54 Å². The van der Waals surface area contributed by atoms with E-state index in [1.165, 1.54) is 0 Å². The summed E-state index contributed by atoms with van der Waals surface area (Å²) in [5.74, 6) is 1.15. The molecule has 0 aliphatic carbocycles. The van der Waals surface area contributed by atoms with Gasteiger partial charge in [-0.3, -0.25) is 14.2 Å². The molecule has 0 fully saturated rings. The minimum absolute atomic E-state index is 0.0722. The Labute approximate surface area is 195 Å². The van der Waals surface area contributed by atoms with Gasteiger partial charge in [0, 0.05) is 18.0 Å². The molecule has 3 rings (SSSR count). The third kappa shape index (κ3) is 5.04. The van der Waals surface area contributed by atoms with Crippen molar-refractivity contribution in [2.24, 2.45) is 11.8 Å². The maximum absolute atomic E-state index is 13.7. The van der Waals surface area contributed by atoms with Gasteiger partial charge in [-0.25, -0.2) is 4.98 Å². The topological polar surface area (TPSA) is 55.2 Å². The fraction of sp³-hybridized carbons (Fsp3) is 0.423. The van der Waals surface area contributed by atoms with Gasteiger partial charge in [0.05, 0.1) is 22.6 Å². The highest BCUT2D eigenvalue weighted by Crippen LogP contribution is 2.27. The molecule has 1 atom stereocenters. The standard InChI is InChI=1S/C26H32ClN3O2/c1-16(2)13-24(31)29(15-17(3)4)19(6)25-28-22-10-8-7-9-21(22)26(32)30(25)23-12-11-20(27)14-18(23)5/h7-12,14,16-17,19H,13,15H2,1-6H3. The van der Waals surface area contributed by atoms with Crippen LogP contribution in [-0.4, -0.2) is 26.9 Å². The van der Waals surface area contributed by atoms with E-state index in [9.17, 15) is 9.59 Å². The van der Waals surface area contributed by atoms with Crippen LogP contribution in [0.25, 0.3) is 16.6 Å². The zero-order chi connectivity index (χ0) is 23.6. The maximum Gasteiger partial charge on any atom is 0.266 e. The Kier molecular flexibility index (Phi) is 7.40. The summed E-state index contributed by atoms with van der Waals surface area (Å²) < 4.78 is 1.65. The average molecular weight is 454 g/mol. The van der Waals surface area contributed by atoms with E-state index in [0.717, 1.165) is 11.3 Å². The van der Waals surface area contributed by atoms with Gasteiger partial charge < -0.3 is 4.90 Å². The summed E-state index contributed by atoms with van der Waals surface area (Å²) in [6, 6.07) is 12.4. The molecule has 170 valence electrons. The quantitative estimate of drug-likeness (QED) is 0.444. The van der Waals surface area contributed by atoms with Crippen LogP contribution in [0.15, 0.2) is 47.3 Å². The summed E-state index contributed by atoms with van der Waals surface area (Å²) >= 11 is 6.18. The second-order valence-corrected chi connectivity index (χ2v) is 9.71. The molecule has 1 heterocycles.